The molecule has 2 aromatic rings. The van der Waals surface area contributed by atoms with Crippen molar-refractivity contribution in [1.82, 2.24) is 9.71 Å². The second-order valence-corrected chi connectivity index (χ2v) is 8.71. The minimum atomic E-state index is -1.07. The van der Waals surface area contributed by atoms with Crippen LogP contribution >= 0.6 is 11.3 Å². The second-order valence-electron chi connectivity index (χ2n) is 5.65. The van der Waals surface area contributed by atoms with Gasteiger partial charge >= 0.3 is 0 Å². The number of benzene rings is 1. The summed E-state index contributed by atoms with van der Waals surface area (Å²) in [6.07, 6.45) is 1.87. The molecule has 3 nitrogen and oxygen atoms in total. The Hall–Kier alpha value is -0.880. The van der Waals surface area contributed by atoms with Crippen molar-refractivity contribution >= 4 is 22.7 Å². The number of nitrogens with zero attached hydrogens (tertiary/aromatic N) is 1. The van der Waals surface area contributed by atoms with Crippen molar-refractivity contribution in [2.45, 2.75) is 38.5 Å². The van der Waals surface area contributed by atoms with E-state index >= 15 is 0 Å². The van der Waals surface area contributed by atoms with Gasteiger partial charge < -0.3 is 4.55 Å². The molecule has 5 heteroatoms. The molecule has 0 aliphatic carbocycles. The zero-order chi connectivity index (χ0) is 14.8. The van der Waals surface area contributed by atoms with E-state index in [0.717, 1.165) is 15.4 Å². The van der Waals surface area contributed by atoms with Crippen molar-refractivity contribution in [3.05, 3.63) is 41.4 Å². The summed E-state index contributed by atoms with van der Waals surface area (Å²) < 4.78 is 15.0. The number of hydrogen-bond acceptors (Lipinski definition) is 4. The van der Waals surface area contributed by atoms with Crippen LogP contribution in [0.3, 0.4) is 0 Å². The minimum absolute atomic E-state index is 0.0324. The molecule has 108 valence electrons. The van der Waals surface area contributed by atoms with E-state index < -0.39 is 11.4 Å². The first kappa shape index (κ1) is 15.5. The molecule has 2 rings (SSSR count). The van der Waals surface area contributed by atoms with Gasteiger partial charge in [-0.3, -0.25) is 0 Å². The highest BCUT2D eigenvalue weighted by atomic mass is 32.2. The van der Waals surface area contributed by atoms with Gasteiger partial charge in [0.2, 0.25) is 0 Å². The molecule has 0 bridgehead atoms. The molecular formula is C15H20N2OS2. The zero-order valence-electron chi connectivity index (χ0n) is 12.2. The highest BCUT2D eigenvalue weighted by Crippen LogP contribution is 2.29. The van der Waals surface area contributed by atoms with E-state index in [1.54, 1.807) is 11.3 Å². The Morgan fingerprint density at radius 2 is 1.90 bits per heavy atom. The third-order valence-electron chi connectivity index (χ3n) is 2.81. The van der Waals surface area contributed by atoms with Crippen LogP contribution in [0.25, 0.3) is 10.6 Å². The monoisotopic (exact) mass is 308 g/mol. The summed E-state index contributed by atoms with van der Waals surface area (Å²) in [5, 5.41) is 0.996. The molecule has 0 aliphatic rings. The molecule has 2 atom stereocenters. The second kappa shape index (κ2) is 6.26. The first-order chi connectivity index (χ1) is 9.38. The molecule has 0 spiro atoms. The smallest absolute Gasteiger partial charge is 0.136 e. The summed E-state index contributed by atoms with van der Waals surface area (Å²) >= 11 is 0.564. The standard InChI is InChI=1S/C15H20N2OS2/c1-11(17-20(18)15(2,3)4)13-10-16-14(19-13)12-8-6-5-7-9-12/h5-11,17H,1-4H3. The normalized spacial score (nSPS) is 15.1. The van der Waals surface area contributed by atoms with Crippen molar-refractivity contribution in [2.24, 2.45) is 0 Å². The summed E-state index contributed by atoms with van der Waals surface area (Å²) in [6.45, 7) is 7.91. The van der Waals surface area contributed by atoms with E-state index in [9.17, 15) is 4.55 Å². The molecule has 0 amide bonds. The molecule has 0 saturated heterocycles. The molecule has 1 N–H and O–H groups in total. The fraction of sp³-hybridized carbons (Fsp3) is 0.400. The molecule has 1 aromatic carbocycles. The van der Waals surface area contributed by atoms with E-state index in [2.05, 4.69) is 9.71 Å². The van der Waals surface area contributed by atoms with E-state index in [0.29, 0.717) is 0 Å². The third kappa shape index (κ3) is 3.82. The summed E-state index contributed by atoms with van der Waals surface area (Å²) in [6, 6.07) is 10.1. The average molecular weight is 308 g/mol. The summed E-state index contributed by atoms with van der Waals surface area (Å²) in [7, 11) is 0. The molecule has 0 saturated carbocycles. The third-order valence-corrected chi connectivity index (χ3v) is 5.72. The summed E-state index contributed by atoms with van der Waals surface area (Å²) in [4.78, 5) is 5.56. The lowest BCUT2D eigenvalue weighted by atomic mass is 10.2. The highest BCUT2D eigenvalue weighted by molar-refractivity contribution is 7.90. The van der Waals surface area contributed by atoms with Gasteiger partial charge in [0.15, 0.2) is 0 Å². The largest absolute Gasteiger partial charge is 0.598 e. The Labute approximate surface area is 127 Å². The van der Waals surface area contributed by atoms with Crippen LogP contribution in [0.4, 0.5) is 0 Å². The number of rotatable bonds is 4. The topological polar surface area (TPSA) is 48.0 Å². The number of nitrogens with one attached hydrogen (secondary N) is 1. The van der Waals surface area contributed by atoms with Crippen molar-refractivity contribution in [2.75, 3.05) is 0 Å². The lowest BCUT2D eigenvalue weighted by Gasteiger charge is -2.25. The Kier molecular flexibility index (Phi) is 4.86. The van der Waals surface area contributed by atoms with Gasteiger partial charge in [-0.1, -0.05) is 30.3 Å². The number of hydrogen-bond donors (Lipinski definition) is 1. The van der Waals surface area contributed by atoms with Gasteiger partial charge in [-0.15, -0.1) is 16.1 Å². The van der Waals surface area contributed by atoms with Crippen LogP contribution in [-0.2, 0) is 11.4 Å². The van der Waals surface area contributed by atoms with E-state index in [-0.39, 0.29) is 10.8 Å². The Balaban J connectivity index is 2.09. The SMILES string of the molecule is CC(N[S+]([O-])C(C)(C)C)c1cnc(-c2ccccc2)s1. The predicted molar refractivity (Wildman–Crippen MR) is 87.0 cm³/mol. The van der Waals surface area contributed by atoms with Crippen LogP contribution in [-0.4, -0.2) is 14.3 Å². The van der Waals surface area contributed by atoms with Crippen LogP contribution in [0, 0.1) is 0 Å². The Bertz CT molecular complexity index is 549. The molecule has 0 radical (unpaired) electrons. The van der Waals surface area contributed by atoms with Gasteiger partial charge in [-0.2, -0.15) is 0 Å². The van der Waals surface area contributed by atoms with Gasteiger partial charge in [0, 0.05) is 28.0 Å². The average Bonchev–Trinajstić information content (AvgIpc) is 2.88. The maximum absolute atomic E-state index is 12.1. The number of aromatic nitrogens is 1. The lowest BCUT2D eigenvalue weighted by molar-refractivity contribution is 0.532. The molecule has 2 unspecified atom stereocenters. The lowest BCUT2D eigenvalue weighted by Crippen LogP contribution is -2.40. The van der Waals surface area contributed by atoms with Gasteiger partial charge in [-0.25, -0.2) is 4.98 Å². The van der Waals surface area contributed by atoms with Crippen LogP contribution in [0.1, 0.15) is 38.6 Å². The first-order valence-corrected chi connectivity index (χ1v) is 8.54. The molecule has 0 fully saturated rings. The minimum Gasteiger partial charge on any atom is -0.598 e. The maximum atomic E-state index is 12.1. The fourth-order valence-electron chi connectivity index (χ4n) is 1.60. The van der Waals surface area contributed by atoms with Crippen LogP contribution in [0.15, 0.2) is 36.5 Å². The summed E-state index contributed by atoms with van der Waals surface area (Å²) in [5.74, 6) is 0. The highest BCUT2D eigenvalue weighted by Gasteiger charge is 2.28. The Morgan fingerprint density at radius 1 is 1.25 bits per heavy atom. The van der Waals surface area contributed by atoms with Crippen molar-refractivity contribution < 1.29 is 4.55 Å². The first-order valence-electron chi connectivity index (χ1n) is 6.57. The van der Waals surface area contributed by atoms with E-state index in [1.165, 1.54) is 0 Å². The van der Waals surface area contributed by atoms with Crippen molar-refractivity contribution in [3.8, 4) is 10.6 Å². The van der Waals surface area contributed by atoms with Gasteiger partial charge in [-0.05, 0) is 27.7 Å². The van der Waals surface area contributed by atoms with Gasteiger partial charge in [0.1, 0.15) is 9.75 Å². The van der Waals surface area contributed by atoms with Crippen molar-refractivity contribution in [1.29, 1.82) is 0 Å². The summed E-state index contributed by atoms with van der Waals surface area (Å²) in [5.41, 5.74) is 1.12. The molecule has 20 heavy (non-hydrogen) atoms. The van der Waals surface area contributed by atoms with Crippen molar-refractivity contribution in [3.63, 3.8) is 0 Å². The zero-order valence-corrected chi connectivity index (χ0v) is 13.8. The van der Waals surface area contributed by atoms with Gasteiger partial charge in [0.05, 0.1) is 6.04 Å². The maximum Gasteiger partial charge on any atom is 0.136 e. The Morgan fingerprint density at radius 3 is 2.50 bits per heavy atom. The van der Waals surface area contributed by atoms with Crippen LogP contribution in [0.2, 0.25) is 0 Å². The number of thiazole rings is 1. The van der Waals surface area contributed by atoms with Crippen LogP contribution < -0.4 is 4.72 Å². The quantitative estimate of drug-likeness (QED) is 0.871. The molecule has 1 heterocycles. The van der Waals surface area contributed by atoms with E-state index in [4.69, 9.17) is 0 Å². The molecule has 1 aromatic heterocycles. The van der Waals surface area contributed by atoms with Crippen LogP contribution in [0.5, 0.6) is 0 Å². The van der Waals surface area contributed by atoms with Gasteiger partial charge in [0.25, 0.3) is 0 Å². The van der Waals surface area contributed by atoms with E-state index in [1.807, 2.05) is 64.2 Å². The fourth-order valence-corrected chi connectivity index (χ4v) is 3.40. The molecular weight excluding hydrogens is 288 g/mol. The predicted octanol–water partition coefficient (Wildman–Crippen LogP) is 3.92. The molecule has 0 aliphatic heterocycles.